The molecule has 0 fully saturated rings. The number of furan rings is 1. The second-order valence-electron chi connectivity index (χ2n) is 3.38. The number of halogens is 2. The lowest BCUT2D eigenvalue weighted by Crippen LogP contribution is -2.13. The second kappa shape index (κ2) is 5.27. The highest BCUT2D eigenvalue weighted by atomic mass is 79.9. The van der Waals surface area contributed by atoms with Crippen LogP contribution in [0.2, 0.25) is 0 Å². The van der Waals surface area contributed by atoms with Crippen molar-refractivity contribution in [1.82, 2.24) is 5.32 Å². The van der Waals surface area contributed by atoms with E-state index in [0.717, 1.165) is 10.2 Å². The normalized spacial score (nSPS) is 10.6. The van der Waals surface area contributed by atoms with Gasteiger partial charge < -0.3 is 9.73 Å². The van der Waals surface area contributed by atoms with Crippen molar-refractivity contribution in [3.05, 3.63) is 58.2 Å². The number of hydrogen-bond acceptors (Lipinski definition) is 2. The molecule has 2 nitrogen and oxygen atoms in total. The fraction of sp³-hybridized carbons (Fsp3) is 0.167. The molecule has 1 heterocycles. The Balaban J connectivity index is 1.95. The summed E-state index contributed by atoms with van der Waals surface area (Å²) in [5, 5.41) is 3.12. The van der Waals surface area contributed by atoms with E-state index in [1.165, 1.54) is 6.07 Å². The summed E-state index contributed by atoms with van der Waals surface area (Å²) >= 11 is 3.32. The molecule has 1 N–H and O–H groups in total. The average molecular weight is 284 g/mol. The molecule has 2 aromatic rings. The van der Waals surface area contributed by atoms with Gasteiger partial charge in [-0.15, -0.1) is 0 Å². The molecule has 0 unspecified atom stereocenters. The largest absolute Gasteiger partial charge is 0.468 e. The molecule has 0 aliphatic carbocycles. The van der Waals surface area contributed by atoms with Crippen LogP contribution < -0.4 is 5.32 Å². The van der Waals surface area contributed by atoms with E-state index in [4.69, 9.17) is 4.42 Å². The zero-order valence-electron chi connectivity index (χ0n) is 8.54. The fourth-order valence-electron chi connectivity index (χ4n) is 1.43. The van der Waals surface area contributed by atoms with E-state index in [1.54, 1.807) is 12.3 Å². The van der Waals surface area contributed by atoms with Gasteiger partial charge in [0.05, 0.1) is 12.8 Å². The molecule has 0 aliphatic rings. The van der Waals surface area contributed by atoms with Crippen molar-refractivity contribution < 1.29 is 8.81 Å². The van der Waals surface area contributed by atoms with E-state index in [-0.39, 0.29) is 5.82 Å². The molecule has 0 spiro atoms. The third-order valence-electron chi connectivity index (χ3n) is 2.24. The van der Waals surface area contributed by atoms with E-state index in [2.05, 4.69) is 21.2 Å². The maximum atomic E-state index is 13.4. The molecule has 0 aliphatic heterocycles. The predicted molar refractivity (Wildman–Crippen MR) is 63.4 cm³/mol. The standard InChI is InChI=1S/C12H11BrFNO/c13-11-4-1-5-12(14)10(11)8-15-7-9-3-2-6-16-9/h1-6,15H,7-8H2. The van der Waals surface area contributed by atoms with E-state index in [9.17, 15) is 4.39 Å². The molecule has 16 heavy (non-hydrogen) atoms. The van der Waals surface area contributed by atoms with Gasteiger partial charge in [0.1, 0.15) is 11.6 Å². The quantitative estimate of drug-likeness (QED) is 0.930. The molecule has 0 bridgehead atoms. The Morgan fingerprint density at radius 1 is 1.19 bits per heavy atom. The van der Waals surface area contributed by atoms with Gasteiger partial charge in [0, 0.05) is 16.6 Å². The SMILES string of the molecule is Fc1cccc(Br)c1CNCc1ccco1. The topological polar surface area (TPSA) is 25.2 Å². The van der Waals surface area contributed by atoms with Crippen LogP contribution in [0.4, 0.5) is 4.39 Å². The third-order valence-corrected chi connectivity index (χ3v) is 2.99. The Hall–Kier alpha value is -1.13. The Morgan fingerprint density at radius 3 is 2.75 bits per heavy atom. The van der Waals surface area contributed by atoms with Crippen molar-refractivity contribution in [3.8, 4) is 0 Å². The minimum absolute atomic E-state index is 0.207. The van der Waals surface area contributed by atoms with E-state index in [1.807, 2.05) is 18.2 Å². The molecule has 0 saturated carbocycles. The van der Waals surface area contributed by atoms with Gasteiger partial charge in [-0.25, -0.2) is 4.39 Å². The summed E-state index contributed by atoms with van der Waals surface area (Å²) in [5.74, 6) is 0.633. The molecular weight excluding hydrogens is 273 g/mol. The van der Waals surface area contributed by atoms with Crippen molar-refractivity contribution >= 4 is 15.9 Å². The summed E-state index contributed by atoms with van der Waals surface area (Å²) in [5.41, 5.74) is 0.633. The number of nitrogens with one attached hydrogen (secondary N) is 1. The summed E-state index contributed by atoms with van der Waals surface area (Å²) in [6, 6.07) is 8.66. The maximum Gasteiger partial charge on any atom is 0.128 e. The number of benzene rings is 1. The van der Waals surface area contributed by atoms with Crippen molar-refractivity contribution in [3.63, 3.8) is 0 Å². The average Bonchev–Trinajstić information content (AvgIpc) is 2.75. The van der Waals surface area contributed by atoms with Crippen LogP contribution in [0, 0.1) is 5.82 Å². The van der Waals surface area contributed by atoms with Gasteiger partial charge in [-0.1, -0.05) is 22.0 Å². The molecule has 84 valence electrons. The molecule has 0 saturated heterocycles. The highest BCUT2D eigenvalue weighted by Gasteiger charge is 2.05. The number of rotatable bonds is 4. The summed E-state index contributed by atoms with van der Waals surface area (Å²) in [4.78, 5) is 0. The Bertz CT molecular complexity index is 436. The first-order valence-electron chi connectivity index (χ1n) is 4.93. The van der Waals surface area contributed by atoms with Crippen molar-refractivity contribution in [1.29, 1.82) is 0 Å². The Labute approximate surface area is 102 Å². The van der Waals surface area contributed by atoms with Crippen LogP contribution in [-0.4, -0.2) is 0 Å². The molecule has 0 atom stereocenters. The van der Waals surface area contributed by atoms with Gasteiger partial charge in [0.15, 0.2) is 0 Å². The Kier molecular flexibility index (Phi) is 3.74. The van der Waals surface area contributed by atoms with Gasteiger partial charge in [0.2, 0.25) is 0 Å². The highest BCUT2D eigenvalue weighted by molar-refractivity contribution is 9.10. The van der Waals surface area contributed by atoms with Crippen LogP contribution in [-0.2, 0) is 13.1 Å². The lowest BCUT2D eigenvalue weighted by atomic mass is 10.2. The number of hydrogen-bond donors (Lipinski definition) is 1. The molecule has 1 aromatic heterocycles. The minimum Gasteiger partial charge on any atom is -0.468 e. The molecule has 0 radical (unpaired) electrons. The first-order chi connectivity index (χ1) is 7.77. The van der Waals surface area contributed by atoms with Crippen LogP contribution in [0.1, 0.15) is 11.3 Å². The zero-order valence-corrected chi connectivity index (χ0v) is 10.1. The van der Waals surface area contributed by atoms with Crippen LogP contribution >= 0.6 is 15.9 Å². The van der Waals surface area contributed by atoms with Crippen LogP contribution in [0.5, 0.6) is 0 Å². The summed E-state index contributed by atoms with van der Waals surface area (Å²) in [6.07, 6.45) is 1.62. The molecule has 0 amide bonds. The minimum atomic E-state index is -0.207. The van der Waals surface area contributed by atoms with Crippen LogP contribution in [0.25, 0.3) is 0 Å². The second-order valence-corrected chi connectivity index (χ2v) is 4.24. The monoisotopic (exact) mass is 283 g/mol. The molecule has 2 rings (SSSR count). The smallest absolute Gasteiger partial charge is 0.128 e. The molecule has 1 aromatic carbocycles. The zero-order chi connectivity index (χ0) is 11.4. The van der Waals surface area contributed by atoms with Gasteiger partial charge in [-0.2, -0.15) is 0 Å². The van der Waals surface area contributed by atoms with Crippen molar-refractivity contribution in [2.45, 2.75) is 13.1 Å². The highest BCUT2D eigenvalue weighted by Crippen LogP contribution is 2.19. The Morgan fingerprint density at radius 2 is 2.06 bits per heavy atom. The third kappa shape index (κ3) is 2.71. The van der Waals surface area contributed by atoms with Gasteiger partial charge in [-0.05, 0) is 24.3 Å². The molecular formula is C12H11BrFNO. The van der Waals surface area contributed by atoms with Crippen LogP contribution in [0.3, 0.4) is 0 Å². The lowest BCUT2D eigenvalue weighted by molar-refractivity contribution is 0.479. The van der Waals surface area contributed by atoms with Gasteiger partial charge in [0.25, 0.3) is 0 Å². The van der Waals surface area contributed by atoms with E-state index < -0.39 is 0 Å². The van der Waals surface area contributed by atoms with Crippen LogP contribution in [0.15, 0.2) is 45.5 Å². The lowest BCUT2D eigenvalue weighted by Gasteiger charge is -2.06. The summed E-state index contributed by atoms with van der Waals surface area (Å²) in [6.45, 7) is 1.06. The van der Waals surface area contributed by atoms with Crippen molar-refractivity contribution in [2.75, 3.05) is 0 Å². The summed E-state index contributed by atoms with van der Waals surface area (Å²) in [7, 11) is 0. The first-order valence-corrected chi connectivity index (χ1v) is 5.72. The van der Waals surface area contributed by atoms with Gasteiger partial charge in [-0.3, -0.25) is 0 Å². The van der Waals surface area contributed by atoms with Gasteiger partial charge >= 0.3 is 0 Å². The van der Waals surface area contributed by atoms with E-state index in [0.29, 0.717) is 18.7 Å². The maximum absolute atomic E-state index is 13.4. The predicted octanol–water partition coefficient (Wildman–Crippen LogP) is 3.47. The molecule has 4 heteroatoms. The van der Waals surface area contributed by atoms with E-state index >= 15 is 0 Å². The first kappa shape index (κ1) is 11.4. The fourth-order valence-corrected chi connectivity index (χ4v) is 1.91. The summed E-state index contributed by atoms with van der Waals surface area (Å²) < 4.78 is 19.4. The van der Waals surface area contributed by atoms with Crippen molar-refractivity contribution in [2.24, 2.45) is 0 Å².